The Morgan fingerprint density at radius 3 is 2.81 bits per heavy atom. The van der Waals surface area contributed by atoms with E-state index in [-0.39, 0.29) is 25.0 Å². The molecule has 1 aromatic rings. The monoisotopic (exact) mass is 359 g/mol. The SMILES string of the molecule is COC(=O)CCN=C1CCCC(NC(=O)OCc2ccccc2)C1=CN. The standard InChI is InChI=1S/C19H25N3O4/c1-25-18(23)10-11-21-16-8-5-9-17(15(16)12-20)22-19(24)26-13-14-6-3-2-4-7-14/h2-4,6-7,12,17H,5,8-11,13,20H2,1H3,(H,22,24). The number of hydrogen-bond donors (Lipinski definition) is 2. The molecule has 1 atom stereocenters. The lowest BCUT2D eigenvalue weighted by Crippen LogP contribution is -2.41. The molecule has 1 aliphatic rings. The van der Waals surface area contributed by atoms with E-state index in [1.807, 2.05) is 30.3 Å². The van der Waals surface area contributed by atoms with Crippen LogP contribution in [0.1, 0.15) is 31.2 Å². The molecule has 7 nitrogen and oxygen atoms in total. The quantitative estimate of drug-likeness (QED) is 0.759. The maximum Gasteiger partial charge on any atom is 0.407 e. The summed E-state index contributed by atoms with van der Waals surface area (Å²) in [4.78, 5) is 27.7. The Morgan fingerprint density at radius 2 is 2.12 bits per heavy atom. The number of benzene rings is 1. The summed E-state index contributed by atoms with van der Waals surface area (Å²) in [7, 11) is 1.35. The van der Waals surface area contributed by atoms with Gasteiger partial charge in [0.25, 0.3) is 0 Å². The normalized spacial score (nSPS) is 20.0. The van der Waals surface area contributed by atoms with Gasteiger partial charge in [0.15, 0.2) is 0 Å². The molecule has 7 heteroatoms. The van der Waals surface area contributed by atoms with Gasteiger partial charge in [-0.2, -0.15) is 0 Å². The van der Waals surface area contributed by atoms with Gasteiger partial charge in [-0.3, -0.25) is 9.79 Å². The van der Waals surface area contributed by atoms with Crippen molar-refractivity contribution in [3.05, 3.63) is 47.7 Å². The van der Waals surface area contributed by atoms with Crippen molar-refractivity contribution < 1.29 is 19.1 Å². The first-order chi connectivity index (χ1) is 12.6. The number of nitrogens with one attached hydrogen (secondary N) is 1. The zero-order chi connectivity index (χ0) is 18.8. The van der Waals surface area contributed by atoms with Crippen molar-refractivity contribution in [2.24, 2.45) is 10.7 Å². The third-order valence-electron chi connectivity index (χ3n) is 4.15. The maximum atomic E-state index is 12.1. The second-order valence-electron chi connectivity index (χ2n) is 5.93. The Bertz CT molecular complexity index is 671. The number of aliphatic imine (C=N–C) groups is 1. The number of alkyl carbamates (subject to hydrolysis) is 1. The van der Waals surface area contributed by atoms with E-state index >= 15 is 0 Å². The Balaban J connectivity index is 1.90. The number of nitrogens with two attached hydrogens (primary N) is 1. The molecule has 0 aromatic heterocycles. The molecule has 1 amide bonds. The van der Waals surface area contributed by atoms with Gasteiger partial charge >= 0.3 is 12.1 Å². The molecular weight excluding hydrogens is 334 g/mol. The lowest BCUT2D eigenvalue weighted by atomic mass is 9.88. The molecule has 1 saturated carbocycles. The highest BCUT2D eigenvalue weighted by Gasteiger charge is 2.25. The van der Waals surface area contributed by atoms with E-state index in [9.17, 15) is 9.59 Å². The summed E-state index contributed by atoms with van der Waals surface area (Å²) in [6.45, 7) is 0.547. The molecule has 0 spiro atoms. The Labute approximate surface area is 153 Å². The van der Waals surface area contributed by atoms with E-state index in [0.29, 0.717) is 6.54 Å². The highest BCUT2D eigenvalue weighted by atomic mass is 16.5. The summed E-state index contributed by atoms with van der Waals surface area (Å²) >= 11 is 0. The number of ether oxygens (including phenoxy) is 2. The number of carbonyl (C=O) groups is 2. The van der Waals surface area contributed by atoms with Crippen LogP contribution >= 0.6 is 0 Å². The Kier molecular flexibility index (Phi) is 7.67. The number of carbonyl (C=O) groups excluding carboxylic acids is 2. The van der Waals surface area contributed by atoms with Crippen LogP contribution in [0.5, 0.6) is 0 Å². The lowest BCUT2D eigenvalue weighted by Gasteiger charge is -2.27. The van der Waals surface area contributed by atoms with Crippen LogP contribution in [0.15, 0.2) is 47.1 Å². The van der Waals surface area contributed by atoms with Crippen molar-refractivity contribution in [2.75, 3.05) is 13.7 Å². The van der Waals surface area contributed by atoms with Crippen molar-refractivity contribution in [1.82, 2.24) is 5.32 Å². The maximum absolute atomic E-state index is 12.1. The molecule has 26 heavy (non-hydrogen) atoms. The van der Waals surface area contributed by atoms with Gasteiger partial charge in [0.05, 0.1) is 19.6 Å². The minimum Gasteiger partial charge on any atom is -0.469 e. The number of esters is 1. The van der Waals surface area contributed by atoms with E-state index in [1.54, 1.807) is 0 Å². The van der Waals surface area contributed by atoms with Crippen molar-refractivity contribution >= 4 is 17.8 Å². The van der Waals surface area contributed by atoms with Crippen molar-refractivity contribution in [1.29, 1.82) is 0 Å². The fourth-order valence-corrected chi connectivity index (χ4v) is 2.80. The van der Waals surface area contributed by atoms with Crippen molar-refractivity contribution in [3.63, 3.8) is 0 Å². The number of methoxy groups -OCH3 is 1. The summed E-state index contributed by atoms with van der Waals surface area (Å²) in [5.74, 6) is -0.303. The van der Waals surface area contributed by atoms with Crippen LogP contribution in [0.25, 0.3) is 0 Å². The molecule has 1 fully saturated rings. The van der Waals surface area contributed by atoms with E-state index in [2.05, 4.69) is 15.0 Å². The topological polar surface area (TPSA) is 103 Å². The second kappa shape index (κ2) is 10.2. The van der Waals surface area contributed by atoms with Crippen LogP contribution < -0.4 is 11.1 Å². The summed E-state index contributed by atoms with van der Waals surface area (Å²) in [5.41, 5.74) is 8.27. The van der Waals surface area contributed by atoms with E-state index in [0.717, 1.165) is 36.1 Å². The third kappa shape index (κ3) is 5.91. The minimum absolute atomic E-state index is 0.209. The molecule has 1 unspecified atom stereocenters. The number of nitrogens with zero attached hydrogens (tertiary/aromatic N) is 1. The molecule has 0 aliphatic heterocycles. The number of amides is 1. The number of rotatable bonds is 6. The van der Waals surface area contributed by atoms with E-state index in [1.165, 1.54) is 13.3 Å². The van der Waals surface area contributed by atoms with E-state index < -0.39 is 6.09 Å². The van der Waals surface area contributed by atoms with E-state index in [4.69, 9.17) is 10.5 Å². The summed E-state index contributed by atoms with van der Waals surface area (Å²) in [5, 5.41) is 2.85. The van der Waals surface area contributed by atoms with Crippen LogP contribution in [-0.4, -0.2) is 37.5 Å². The number of hydrogen-bond acceptors (Lipinski definition) is 6. The highest BCUT2D eigenvalue weighted by Crippen LogP contribution is 2.22. The average Bonchev–Trinajstić information content (AvgIpc) is 2.67. The van der Waals surface area contributed by atoms with Gasteiger partial charge in [-0.15, -0.1) is 0 Å². The molecule has 1 aliphatic carbocycles. The summed E-state index contributed by atoms with van der Waals surface area (Å²) in [6.07, 6.45) is 3.60. The zero-order valence-electron chi connectivity index (χ0n) is 14.9. The predicted octanol–water partition coefficient (Wildman–Crippen LogP) is 2.31. The van der Waals surface area contributed by atoms with Gasteiger partial charge in [0.1, 0.15) is 6.61 Å². The molecule has 0 bridgehead atoms. The molecular formula is C19H25N3O4. The smallest absolute Gasteiger partial charge is 0.407 e. The molecule has 0 saturated heterocycles. The van der Waals surface area contributed by atoms with Crippen LogP contribution in [-0.2, 0) is 20.9 Å². The van der Waals surface area contributed by atoms with Crippen molar-refractivity contribution in [3.8, 4) is 0 Å². The van der Waals surface area contributed by atoms with Crippen LogP contribution in [0.2, 0.25) is 0 Å². The summed E-state index contributed by atoms with van der Waals surface area (Å²) < 4.78 is 9.88. The van der Waals surface area contributed by atoms with Crippen LogP contribution in [0.3, 0.4) is 0 Å². The van der Waals surface area contributed by atoms with Crippen molar-refractivity contribution in [2.45, 2.75) is 38.3 Å². The highest BCUT2D eigenvalue weighted by molar-refractivity contribution is 6.02. The first kappa shape index (κ1) is 19.5. The molecule has 1 aromatic carbocycles. The van der Waals surface area contributed by atoms with Gasteiger partial charge < -0.3 is 20.5 Å². The predicted molar refractivity (Wildman–Crippen MR) is 98.6 cm³/mol. The molecule has 2 rings (SSSR count). The Morgan fingerprint density at radius 1 is 1.35 bits per heavy atom. The van der Waals surface area contributed by atoms with Gasteiger partial charge in [0.2, 0.25) is 0 Å². The second-order valence-corrected chi connectivity index (χ2v) is 5.93. The van der Waals surface area contributed by atoms with Gasteiger partial charge in [-0.1, -0.05) is 30.3 Å². The first-order valence-electron chi connectivity index (χ1n) is 8.63. The van der Waals surface area contributed by atoms with Gasteiger partial charge in [-0.05, 0) is 24.8 Å². The minimum atomic E-state index is -0.492. The largest absolute Gasteiger partial charge is 0.469 e. The van der Waals surface area contributed by atoms with Gasteiger partial charge in [-0.25, -0.2) is 4.79 Å². The molecule has 140 valence electrons. The lowest BCUT2D eigenvalue weighted by molar-refractivity contribution is -0.140. The molecule has 0 radical (unpaired) electrons. The van der Waals surface area contributed by atoms with Crippen LogP contribution in [0, 0.1) is 0 Å². The Hall–Kier alpha value is -2.83. The van der Waals surface area contributed by atoms with Crippen LogP contribution in [0.4, 0.5) is 4.79 Å². The van der Waals surface area contributed by atoms with Gasteiger partial charge in [0, 0.05) is 24.0 Å². The zero-order valence-corrected chi connectivity index (χ0v) is 14.9. The summed E-state index contributed by atoms with van der Waals surface area (Å²) in [6, 6.07) is 9.24. The fraction of sp³-hybridized carbons (Fsp3) is 0.421. The average molecular weight is 359 g/mol. The first-order valence-corrected chi connectivity index (χ1v) is 8.63. The third-order valence-corrected chi connectivity index (χ3v) is 4.15. The fourth-order valence-electron chi connectivity index (χ4n) is 2.80. The molecule has 0 heterocycles. The molecule has 3 N–H and O–H groups in total.